The maximum absolute atomic E-state index is 13.9. The highest BCUT2D eigenvalue weighted by molar-refractivity contribution is 14.1. The lowest BCUT2D eigenvalue weighted by Gasteiger charge is -2.27. The van der Waals surface area contributed by atoms with Crippen LogP contribution >= 0.6 is 22.6 Å². The van der Waals surface area contributed by atoms with Crippen LogP contribution in [0.1, 0.15) is 36.0 Å². The van der Waals surface area contributed by atoms with Gasteiger partial charge in [-0.2, -0.15) is 0 Å². The fourth-order valence-electron chi connectivity index (χ4n) is 2.31. The van der Waals surface area contributed by atoms with E-state index in [1.807, 2.05) is 22.6 Å². The van der Waals surface area contributed by atoms with Crippen molar-refractivity contribution in [2.75, 3.05) is 5.32 Å². The number of benzene rings is 1. The highest BCUT2D eigenvalue weighted by Crippen LogP contribution is 2.28. The van der Waals surface area contributed by atoms with E-state index in [1.165, 1.54) is 12.1 Å². The van der Waals surface area contributed by atoms with E-state index in [9.17, 15) is 14.3 Å². The zero-order valence-electron chi connectivity index (χ0n) is 10.2. The Hall–Kier alpha value is -0.890. The Morgan fingerprint density at radius 2 is 1.95 bits per heavy atom. The van der Waals surface area contributed by atoms with Crippen molar-refractivity contribution >= 4 is 34.2 Å². The molecule has 3 N–H and O–H groups in total. The smallest absolute Gasteiger partial charge is 0.337 e. The second kappa shape index (κ2) is 6.04. The molecule has 19 heavy (non-hydrogen) atoms. The van der Waals surface area contributed by atoms with Gasteiger partial charge in [-0.3, -0.25) is 0 Å². The van der Waals surface area contributed by atoms with E-state index in [1.54, 1.807) is 0 Å². The third-order valence-corrected chi connectivity index (χ3v) is 3.95. The molecule has 0 saturated heterocycles. The van der Waals surface area contributed by atoms with Crippen molar-refractivity contribution in [2.24, 2.45) is 0 Å². The highest BCUT2D eigenvalue weighted by atomic mass is 127. The molecule has 0 unspecified atom stereocenters. The third-order valence-electron chi connectivity index (χ3n) is 3.33. The maximum Gasteiger partial charge on any atom is 0.337 e. The average molecular weight is 379 g/mol. The first-order valence-electron chi connectivity index (χ1n) is 6.14. The summed E-state index contributed by atoms with van der Waals surface area (Å²) < 4.78 is 14.5. The largest absolute Gasteiger partial charge is 0.478 e. The molecule has 104 valence electrons. The normalized spacial score (nSPS) is 23.1. The van der Waals surface area contributed by atoms with Gasteiger partial charge >= 0.3 is 5.97 Å². The molecule has 6 heteroatoms. The minimum atomic E-state index is -1.14. The number of hydrogen-bond donors (Lipinski definition) is 3. The lowest BCUT2D eigenvalue weighted by Crippen LogP contribution is -2.29. The van der Waals surface area contributed by atoms with Crippen LogP contribution < -0.4 is 5.32 Å². The molecular weight excluding hydrogens is 364 g/mol. The molecule has 0 amide bonds. The predicted molar refractivity (Wildman–Crippen MR) is 78.0 cm³/mol. The first-order valence-corrected chi connectivity index (χ1v) is 7.22. The molecule has 0 atom stereocenters. The predicted octanol–water partition coefficient (Wildman–Crippen LogP) is 2.84. The Kier molecular flexibility index (Phi) is 4.62. The van der Waals surface area contributed by atoms with E-state index < -0.39 is 11.8 Å². The SMILES string of the molecule is O=C(O)c1cc(I)cc(F)c1NC1CCC(O)CC1. The lowest BCUT2D eigenvalue weighted by atomic mass is 9.92. The first-order chi connectivity index (χ1) is 8.97. The summed E-state index contributed by atoms with van der Waals surface area (Å²) in [7, 11) is 0. The third kappa shape index (κ3) is 3.56. The minimum absolute atomic E-state index is 0.0102. The van der Waals surface area contributed by atoms with Crippen molar-refractivity contribution in [2.45, 2.75) is 37.8 Å². The Morgan fingerprint density at radius 3 is 2.53 bits per heavy atom. The molecule has 1 aromatic rings. The number of rotatable bonds is 3. The topological polar surface area (TPSA) is 69.6 Å². The summed E-state index contributed by atoms with van der Waals surface area (Å²) in [6.07, 6.45) is 2.45. The molecular formula is C13H15FINO3. The van der Waals surface area contributed by atoms with E-state index >= 15 is 0 Å². The van der Waals surface area contributed by atoms with Gasteiger partial charge in [-0.1, -0.05) is 0 Å². The van der Waals surface area contributed by atoms with Gasteiger partial charge in [0.2, 0.25) is 0 Å². The number of aliphatic hydroxyl groups excluding tert-OH is 1. The van der Waals surface area contributed by atoms with Crippen LogP contribution in [0.2, 0.25) is 0 Å². The summed E-state index contributed by atoms with van der Waals surface area (Å²) in [5.41, 5.74) is 0.00447. The molecule has 0 aliphatic heterocycles. The molecule has 0 bridgehead atoms. The monoisotopic (exact) mass is 379 g/mol. The van der Waals surface area contributed by atoms with Gasteiger partial charge in [0.25, 0.3) is 0 Å². The quantitative estimate of drug-likeness (QED) is 0.707. The molecule has 0 spiro atoms. The first kappa shape index (κ1) is 14.5. The van der Waals surface area contributed by atoms with Gasteiger partial charge in [0.1, 0.15) is 5.82 Å². The number of nitrogens with one attached hydrogen (secondary N) is 1. The Balaban J connectivity index is 2.21. The molecule has 1 aliphatic carbocycles. The van der Waals surface area contributed by atoms with Crippen LogP contribution in [-0.2, 0) is 0 Å². The molecule has 0 radical (unpaired) electrons. The van der Waals surface area contributed by atoms with Gasteiger partial charge in [-0.15, -0.1) is 0 Å². The summed E-state index contributed by atoms with van der Waals surface area (Å²) in [6, 6.07) is 2.77. The molecule has 1 aliphatic rings. The van der Waals surface area contributed by atoms with Crippen LogP contribution in [0.25, 0.3) is 0 Å². The molecule has 1 aromatic carbocycles. The maximum atomic E-state index is 13.9. The average Bonchev–Trinajstić information content (AvgIpc) is 2.34. The van der Waals surface area contributed by atoms with Crippen molar-refractivity contribution in [3.05, 3.63) is 27.1 Å². The zero-order valence-corrected chi connectivity index (χ0v) is 12.4. The van der Waals surface area contributed by atoms with E-state index in [-0.39, 0.29) is 23.4 Å². The molecule has 4 nitrogen and oxygen atoms in total. The summed E-state index contributed by atoms with van der Waals surface area (Å²) in [5.74, 6) is -1.69. The van der Waals surface area contributed by atoms with Gasteiger partial charge in [-0.05, 0) is 60.4 Å². The molecule has 1 saturated carbocycles. The molecule has 0 aromatic heterocycles. The van der Waals surface area contributed by atoms with Crippen molar-refractivity contribution in [3.63, 3.8) is 0 Å². The van der Waals surface area contributed by atoms with Crippen molar-refractivity contribution < 1.29 is 19.4 Å². The second-order valence-corrected chi connectivity index (χ2v) is 6.01. The van der Waals surface area contributed by atoms with Crippen LogP contribution in [-0.4, -0.2) is 28.3 Å². The number of aliphatic hydroxyl groups is 1. The van der Waals surface area contributed by atoms with E-state index in [0.29, 0.717) is 29.3 Å². The zero-order chi connectivity index (χ0) is 14.0. The van der Waals surface area contributed by atoms with E-state index in [4.69, 9.17) is 5.11 Å². The molecule has 1 fully saturated rings. The Morgan fingerprint density at radius 1 is 1.32 bits per heavy atom. The summed E-state index contributed by atoms with van der Waals surface area (Å²) >= 11 is 1.89. The number of carboxylic acids is 1. The Labute approximate surface area is 124 Å². The second-order valence-electron chi connectivity index (χ2n) is 4.77. The number of aromatic carboxylic acids is 1. The van der Waals surface area contributed by atoms with Crippen LogP contribution in [0.4, 0.5) is 10.1 Å². The Bertz CT molecular complexity index is 487. The van der Waals surface area contributed by atoms with Gasteiger partial charge in [0.15, 0.2) is 0 Å². The molecule has 2 rings (SSSR count). The van der Waals surface area contributed by atoms with Gasteiger partial charge in [-0.25, -0.2) is 9.18 Å². The van der Waals surface area contributed by atoms with Crippen molar-refractivity contribution in [1.29, 1.82) is 0 Å². The lowest BCUT2D eigenvalue weighted by molar-refractivity contribution is 0.0697. The number of carboxylic acid groups (broad SMARTS) is 1. The number of carbonyl (C=O) groups is 1. The van der Waals surface area contributed by atoms with Crippen LogP contribution in [0.15, 0.2) is 12.1 Å². The number of hydrogen-bond acceptors (Lipinski definition) is 3. The summed E-state index contributed by atoms with van der Waals surface area (Å²) in [6.45, 7) is 0. The fraction of sp³-hybridized carbons (Fsp3) is 0.462. The van der Waals surface area contributed by atoms with Gasteiger partial charge in [0, 0.05) is 9.61 Å². The van der Waals surface area contributed by atoms with Crippen molar-refractivity contribution in [3.8, 4) is 0 Å². The highest BCUT2D eigenvalue weighted by Gasteiger charge is 2.23. The van der Waals surface area contributed by atoms with Crippen LogP contribution in [0.5, 0.6) is 0 Å². The van der Waals surface area contributed by atoms with Crippen LogP contribution in [0, 0.1) is 9.39 Å². The number of anilines is 1. The van der Waals surface area contributed by atoms with Gasteiger partial charge in [0.05, 0.1) is 17.4 Å². The van der Waals surface area contributed by atoms with E-state index in [0.717, 1.165) is 0 Å². The van der Waals surface area contributed by atoms with Gasteiger partial charge < -0.3 is 15.5 Å². The summed E-state index contributed by atoms with van der Waals surface area (Å²) in [5, 5.41) is 21.5. The number of halogens is 2. The van der Waals surface area contributed by atoms with Crippen molar-refractivity contribution in [1.82, 2.24) is 0 Å². The minimum Gasteiger partial charge on any atom is -0.478 e. The summed E-state index contributed by atoms with van der Waals surface area (Å²) in [4.78, 5) is 11.2. The van der Waals surface area contributed by atoms with E-state index in [2.05, 4.69) is 5.32 Å². The standard InChI is InChI=1S/C13H15FINO3/c14-11-6-7(15)5-10(13(18)19)12(11)16-8-1-3-9(17)4-2-8/h5-6,8-9,16-17H,1-4H2,(H,18,19). The fourth-order valence-corrected chi connectivity index (χ4v) is 2.90. The van der Waals surface area contributed by atoms with Crippen LogP contribution in [0.3, 0.4) is 0 Å². The molecule has 0 heterocycles.